The highest BCUT2D eigenvalue weighted by atomic mass is 35.5. The summed E-state index contributed by atoms with van der Waals surface area (Å²) in [5.41, 5.74) is 0.920. The summed E-state index contributed by atoms with van der Waals surface area (Å²) >= 11 is 13.6. The van der Waals surface area contributed by atoms with Crippen molar-refractivity contribution in [2.75, 3.05) is 26.2 Å². The van der Waals surface area contributed by atoms with Crippen LogP contribution in [0.4, 0.5) is 0 Å². The number of benzene rings is 1. The molecule has 5 nitrogen and oxygen atoms in total. The molecule has 0 unspecified atom stereocenters. The first-order valence-corrected chi connectivity index (χ1v) is 10.2. The summed E-state index contributed by atoms with van der Waals surface area (Å²) in [6.45, 7) is 6.33. The predicted octanol–water partition coefficient (Wildman–Crippen LogP) is 1.59. The molecule has 1 aromatic carbocycles. The minimum Gasteiger partial charge on any atom is -0.333 e. The number of hydrogen-bond donors (Lipinski definition) is 2. The van der Waals surface area contributed by atoms with Crippen LogP contribution in [0.2, 0.25) is 9.36 Å². The van der Waals surface area contributed by atoms with Gasteiger partial charge in [-0.3, -0.25) is 0 Å². The van der Waals surface area contributed by atoms with Crippen molar-refractivity contribution < 1.29 is 14.3 Å². The van der Waals surface area contributed by atoms with E-state index in [9.17, 15) is 0 Å². The highest BCUT2D eigenvalue weighted by Crippen LogP contribution is 2.20. The normalized spacial score (nSPS) is 20.4. The van der Waals surface area contributed by atoms with Crippen molar-refractivity contribution in [3.63, 3.8) is 0 Å². The van der Waals surface area contributed by atoms with E-state index in [-0.39, 0.29) is 0 Å². The molecule has 0 saturated carbocycles. The van der Waals surface area contributed by atoms with Gasteiger partial charge in [-0.05, 0) is 36.4 Å². The Morgan fingerprint density at radius 1 is 0.923 bits per heavy atom. The molecule has 0 bridgehead atoms. The van der Waals surface area contributed by atoms with Crippen LogP contribution >= 0.6 is 34.5 Å². The largest absolute Gasteiger partial charge is 0.333 e. The summed E-state index contributed by atoms with van der Waals surface area (Å²) in [6.07, 6.45) is 0. The number of halogens is 2. The molecule has 0 radical (unpaired) electrons. The molecule has 2 N–H and O–H groups in total. The zero-order valence-electron chi connectivity index (χ0n) is 14.2. The fourth-order valence-corrected chi connectivity index (χ4v) is 4.55. The Morgan fingerprint density at radius 3 is 2.27 bits per heavy atom. The van der Waals surface area contributed by atoms with E-state index in [1.807, 2.05) is 30.3 Å². The van der Waals surface area contributed by atoms with Crippen molar-refractivity contribution in [1.82, 2.24) is 10.1 Å². The third kappa shape index (κ3) is 4.45. The second-order valence-corrected chi connectivity index (χ2v) is 8.81. The standard InChI is InChI=1S/C18H18Cl2N4OS/c19-14-3-1-13(2-4-14)18-21-17(25-22-18)12-24-9-7-23(8-10-24)11-15-5-6-16(20)26-15/h1-6H,7-12H2/p+2. The SMILES string of the molecule is Clc1ccc(-c2noc(C[NH+]3CC[NH+](Cc4ccc(Cl)s4)CC3)n2)cc1. The maximum atomic E-state index is 6.02. The van der Waals surface area contributed by atoms with Gasteiger partial charge in [-0.2, -0.15) is 4.98 Å². The maximum Gasteiger partial charge on any atom is 0.282 e. The summed E-state index contributed by atoms with van der Waals surface area (Å²) in [5.74, 6) is 1.31. The van der Waals surface area contributed by atoms with Crippen LogP contribution in [0.5, 0.6) is 0 Å². The molecule has 26 heavy (non-hydrogen) atoms. The topological polar surface area (TPSA) is 47.8 Å². The molecule has 2 aromatic heterocycles. The van der Waals surface area contributed by atoms with Crippen LogP contribution in [0.25, 0.3) is 11.4 Å². The van der Waals surface area contributed by atoms with Crippen molar-refractivity contribution in [2.45, 2.75) is 13.1 Å². The molecule has 1 saturated heterocycles. The van der Waals surface area contributed by atoms with Gasteiger partial charge in [0.15, 0.2) is 6.54 Å². The van der Waals surface area contributed by atoms with Crippen molar-refractivity contribution in [3.8, 4) is 11.4 Å². The Morgan fingerprint density at radius 2 is 1.62 bits per heavy atom. The van der Waals surface area contributed by atoms with Gasteiger partial charge in [-0.25, -0.2) is 0 Å². The van der Waals surface area contributed by atoms with E-state index in [1.165, 1.54) is 9.78 Å². The number of piperazine rings is 1. The number of hydrogen-bond acceptors (Lipinski definition) is 4. The first kappa shape index (κ1) is 17.9. The van der Waals surface area contributed by atoms with Gasteiger partial charge in [-0.15, -0.1) is 11.3 Å². The third-order valence-corrected chi connectivity index (χ3v) is 6.17. The lowest BCUT2D eigenvalue weighted by Gasteiger charge is -2.28. The van der Waals surface area contributed by atoms with Gasteiger partial charge in [0, 0.05) is 10.6 Å². The van der Waals surface area contributed by atoms with Gasteiger partial charge in [0.1, 0.15) is 32.7 Å². The molecule has 0 aliphatic carbocycles. The first-order chi connectivity index (χ1) is 12.7. The molecule has 4 rings (SSSR count). The zero-order chi connectivity index (χ0) is 17.9. The summed E-state index contributed by atoms with van der Waals surface area (Å²) < 4.78 is 6.31. The number of nitrogens with zero attached hydrogens (tertiary/aromatic N) is 2. The second kappa shape index (κ2) is 8.06. The molecular formula is C18H20Cl2N4OS+2. The van der Waals surface area contributed by atoms with E-state index in [0.29, 0.717) is 16.7 Å². The van der Waals surface area contributed by atoms with Crippen LogP contribution in [0.15, 0.2) is 40.9 Å². The molecule has 3 heterocycles. The quantitative estimate of drug-likeness (QED) is 0.671. The molecule has 0 atom stereocenters. The van der Waals surface area contributed by atoms with E-state index in [0.717, 1.165) is 49.2 Å². The van der Waals surface area contributed by atoms with Crippen LogP contribution in [-0.4, -0.2) is 36.3 Å². The molecule has 136 valence electrons. The van der Waals surface area contributed by atoms with Crippen molar-refractivity contribution >= 4 is 34.5 Å². The number of aromatic nitrogens is 2. The molecule has 3 aromatic rings. The van der Waals surface area contributed by atoms with Crippen molar-refractivity contribution in [3.05, 3.63) is 56.5 Å². The lowest BCUT2D eigenvalue weighted by atomic mass is 10.2. The first-order valence-electron chi connectivity index (χ1n) is 8.65. The monoisotopic (exact) mass is 410 g/mol. The van der Waals surface area contributed by atoms with Gasteiger partial charge in [-0.1, -0.05) is 28.4 Å². The summed E-state index contributed by atoms with van der Waals surface area (Å²) in [7, 11) is 0. The fraction of sp³-hybridized carbons (Fsp3) is 0.333. The lowest BCUT2D eigenvalue weighted by molar-refractivity contribution is -1.02. The molecule has 1 aliphatic heterocycles. The molecule has 8 heteroatoms. The second-order valence-electron chi connectivity index (χ2n) is 6.58. The van der Waals surface area contributed by atoms with E-state index in [4.69, 9.17) is 27.7 Å². The smallest absolute Gasteiger partial charge is 0.282 e. The van der Waals surface area contributed by atoms with Gasteiger partial charge >= 0.3 is 0 Å². The number of rotatable bonds is 5. The van der Waals surface area contributed by atoms with E-state index in [2.05, 4.69) is 16.2 Å². The number of thiophene rings is 1. The average molecular weight is 411 g/mol. The third-order valence-electron chi connectivity index (χ3n) is 4.69. The van der Waals surface area contributed by atoms with Gasteiger partial charge < -0.3 is 14.3 Å². The Kier molecular flexibility index (Phi) is 5.57. The average Bonchev–Trinajstić information content (AvgIpc) is 3.26. The van der Waals surface area contributed by atoms with Crippen molar-refractivity contribution in [2.24, 2.45) is 0 Å². The minimum absolute atomic E-state index is 0.620. The highest BCUT2D eigenvalue weighted by Gasteiger charge is 2.25. The van der Waals surface area contributed by atoms with Crippen molar-refractivity contribution in [1.29, 1.82) is 0 Å². The lowest BCUT2D eigenvalue weighted by Crippen LogP contribution is -3.27. The van der Waals surface area contributed by atoms with Crippen LogP contribution in [0, 0.1) is 0 Å². The molecule has 1 aliphatic rings. The fourth-order valence-electron chi connectivity index (χ4n) is 3.26. The Balaban J connectivity index is 1.30. The van der Waals surface area contributed by atoms with Gasteiger partial charge in [0.2, 0.25) is 5.82 Å². The molecule has 0 spiro atoms. The van der Waals surface area contributed by atoms with E-state index in [1.54, 1.807) is 16.2 Å². The number of nitrogens with one attached hydrogen (secondary N) is 2. The van der Waals surface area contributed by atoms with Crippen LogP contribution < -0.4 is 9.80 Å². The Hall–Kier alpha value is -1.44. The summed E-state index contributed by atoms with van der Waals surface area (Å²) in [4.78, 5) is 8.99. The van der Waals surface area contributed by atoms with Crippen LogP contribution in [0.3, 0.4) is 0 Å². The van der Waals surface area contributed by atoms with E-state index < -0.39 is 0 Å². The molecule has 1 fully saturated rings. The molecule has 0 amide bonds. The van der Waals surface area contributed by atoms with Gasteiger partial charge in [0.05, 0.1) is 9.21 Å². The molecular weight excluding hydrogens is 391 g/mol. The zero-order valence-corrected chi connectivity index (χ0v) is 16.5. The van der Waals surface area contributed by atoms with Crippen LogP contribution in [0.1, 0.15) is 10.8 Å². The number of quaternary nitrogens is 2. The highest BCUT2D eigenvalue weighted by molar-refractivity contribution is 7.16. The predicted molar refractivity (Wildman–Crippen MR) is 103 cm³/mol. The Bertz CT molecular complexity index is 856. The maximum absolute atomic E-state index is 6.02. The van der Waals surface area contributed by atoms with Crippen LogP contribution in [-0.2, 0) is 13.1 Å². The summed E-state index contributed by atoms with van der Waals surface area (Å²) in [6, 6.07) is 11.6. The minimum atomic E-state index is 0.620. The van der Waals surface area contributed by atoms with E-state index >= 15 is 0 Å². The van der Waals surface area contributed by atoms with Gasteiger partial charge in [0.25, 0.3) is 5.89 Å². The summed E-state index contributed by atoms with van der Waals surface area (Å²) in [5, 5.41) is 4.80. The Labute approximate surface area is 166 Å².